The number of rotatable bonds is 7. The molecule has 1 saturated heterocycles. The topological polar surface area (TPSA) is 71.1 Å². The Morgan fingerprint density at radius 2 is 1.76 bits per heavy atom. The molecule has 0 aromatic heterocycles. The lowest BCUT2D eigenvalue weighted by Crippen LogP contribution is -2.44. The van der Waals surface area contributed by atoms with Crippen molar-refractivity contribution in [1.29, 1.82) is 0 Å². The van der Waals surface area contributed by atoms with Crippen LogP contribution in [0.25, 0.3) is 0 Å². The van der Waals surface area contributed by atoms with Gasteiger partial charge < -0.3 is 24.6 Å². The molecule has 1 amide bonds. The van der Waals surface area contributed by atoms with Gasteiger partial charge in [0.15, 0.2) is 23.9 Å². The van der Waals surface area contributed by atoms with Crippen LogP contribution in [0.1, 0.15) is 17.3 Å². The van der Waals surface area contributed by atoms with Crippen molar-refractivity contribution >= 4 is 23.1 Å². The number of carbonyl (C=O) groups excluding carboxylic acids is 2. The highest BCUT2D eigenvalue weighted by Gasteiger charge is 2.18. The molecule has 3 rings (SSSR count). The zero-order chi connectivity index (χ0) is 20.8. The van der Waals surface area contributed by atoms with Gasteiger partial charge in [0.2, 0.25) is 0 Å². The fourth-order valence-electron chi connectivity index (χ4n) is 3.24. The Hall–Kier alpha value is -3.06. The maximum atomic E-state index is 12.5. The number of anilines is 2. The van der Waals surface area contributed by atoms with E-state index < -0.39 is 0 Å². The maximum absolute atomic E-state index is 12.5. The summed E-state index contributed by atoms with van der Waals surface area (Å²) in [6.45, 7) is 5.13. The number of ether oxygens (including phenoxy) is 2. The number of piperazine rings is 1. The van der Waals surface area contributed by atoms with E-state index in [4.69, 9.17) is 9.47 Å². The van der Waals surface area contributed by atoms with E-state index in [-0.39, 0.29) is 18.3 Å². The molecule has 1 fully saturated rings. The minimum Gasteiger partial charge on any atom is -0.493 e. The summed E-state index contributed by atoms with van der Waals surface area (Å²) in [6, 6.07) is 12.7. The molecule has 0 unspecified atom stereocenters. The Bertz CT molecular complexity index is 876. The van der Waals surface area contributed by atoms with Crippen LogP contribution in [-0.4, -0.2) is 63.5 Å². The van der Waals surface area contributed by atoms with E-state index in [1.807, 2.05) is 24.3 Å². The molecule has 1 N–H and O–H groups in total. The van der Waals surface area contributed by atoms with Crippen molar-refractivity contribution < 1.29 is 19.1 Å². The molecule has 2 aromatic carbocycles. The van der Waals surface area contributed by atoms with E-state index in [9.17, 15) is 9.59 Å². The first-order chi connectivity index (χ1) is 14.0. The average molecular weight is 397 g/mol. The van der Waals surface area contributed by atoms with Crippen molar-refractivity contribution in [2.75, 3.05) is 57.2 Å². The third-order valence-corrected chi connectivity index (χ3v) is 4.95. The zero-order valence-corrected chi connectivity index (χ0v) is 17.1. The second-order valence-electron chi connectivity index (χ2n) is 7.07. The van der Waals surface area contributed by atoms with Gasteiger partial charge >= 0.3 is 0 Å². The van der Waals surface area contributed by atoms with Crippen LogP contribution in [0, 0.1) is 0 Å². The van der Waals surface area contributed by atoms with Gasteiger partial charge in [0.1, 0.15) is 0 Å². The van der Waals surface area contributed by atoms with E-state index >= 15 is 0 Å². The molecule has 0 aliphatic carbocycles. The average Bonchev–Trinajstić information content (AvgIpc) is 2.73. The molecule has 0 spiro atoms. The summed E-state index contributed by atoms with van der Waals surface area (Å²) in [4.78, 5) is 28.6. The highest BCUT2D eigenvalue weighted by Crippen LogP contribution is 2.29. The molecule has 7 heteroatoms. The number of nitrogens with zero attached hydrogens (tertiary/aromatic N) is 2. The normalized spacial score (nSPS) is 14.4. The first-order valence-electron chi connectivity index (χ1n) is 9.62. The molecule has 29 heavy (non-hydrogen) atoms. The van der Waals surface area contributed by atoms with Gasteiger partial charge in [-0.1, -0.05) is 12.1 Å². The monoisotopic (exact) mass is 397 g/mol. The van der Waals surface area contributed by atoms with Crippen molar-refractivity contribution in [2.45, 2.75) is 6.92 Å². The van der Waals surface area contributed by atoms with Crippen LogP contribution >= 0.6 is 0 Å². The third kappa shape index (κ3) is 5.26. The van der Waals surface area contributed by atoms with E-state index in [1.54, 1.807) is 18.2 Å². The first kappa shape index (κ1) is 20.7. The minimum absolute atomic E-state index is 0.0619. The minimum atomic E-state index is -0.260. The molecule has 154 valence electrons. The first-order valence-corrected chi connectivity index (χ1v) is 9.62. The lowest BCUT2D eigenvalue weighted by Gasteiger charge is -2.35. The number of benzene rings is 2. The van der Waals surface area contributed by atoms with Crippen LogP contribution in [0.15, 0.2) is 42.5 Å². The molecule has 0 atom stereocenters. The summed E-state index contributed by atoms with van der Waals surface area (Å²) >= 11 is 0. The van der Waals surface area contributed by atoms with Crippen LogP contribution in [0.5, 0.6) is 11.5 Å². The number of hydrogen-bond donors (Lipinski definition) is 1. The van der Waals surface area contributed by atoms with Gasteiger partial charge in [-0.15, -0.1) is 0 Å². The van der Waals surface area contributed by atoms with Gasteiger partial charge in [0.05, 0.1) is 18.5 Å². The van der Waals surface area contributed by atoms with Crippen molar-refractivity contribution in [1.82, 2.24) is 4.90 Å². The second kappa shape index (κ2) is 9.43. The van der Waals surface area contributed by atoms with Crippen LogP contribution in [0.3, 0.4) is 0 Å². The van der Waals surface area contributed by atoms with E-state index in [1.165, 1.54) is 14.0 Å². The number of carbonyl (C=O) groups is 2. The Labute approximate surface area is 171 Å². The molecule has 1 aliphatic heterocycles. The van der Waals surface area contributed by atoms with Crippen molar-refractivity contribution in [3.8, 4) is 11.5 Å². The number of hydrogen-bond acceptors (Lipinski definition) is 6. The third-order valence-electron chi connectivity index (χ3n) is 4.95. The number of methoxy groups -OCH3 is 1. The standard InChI is InChI=1S/C22H27N3O4/c1-16(26)17-8-9-20(21(14-17)28-3)29-15-22(27)23-18-6-4-5-7-19(18)25-12-10-24(2)11-13-25/h4-9,14H,10-13,15H2,1-3H3,(H,23,27). The predicted molar refractivity (Wildman–Crippen MR) is 113 cm³/mol. The molecule has 0 bridgehead atoms. The SMILES string of the molecule is COc1cc(C(C)=O)ccc1OCC(=O)Nc1ccccc1N1CCN(C)CC1. The Balaban J connectivity index is 1.64. The number of ketones is 1. The zero-order valence-electron chi connectivity index (χ0n) is 17.1. The summed E-state index contributed by atoms with van der Waals surface area (Å²) in [5.41, 5.74) is 2.31. The van der Waals surface area contributed by atoms with E-state index in [2.05, 4.69) is 22.2 Å². The quantitative estimate of drug-likeness (QED) is 0.725. The van der Waals surface area contributed by atoms with E-state index in [0.717, 1.165) is 37.6 Å². The van der Waals surface area contributed by atoms with Crippen LogP contribution in [0.2, 0.25) is 0 Å². The number of amides is 1. The molecule has 1 aliphatic rings. The predicted octanol–water partition coefficient (Wildman–Crippen LogP) is 2.67. The van der Waals surface area contributed by atoms with Gasteiger partial charge in [-0.2, -0.15) is 0 Å². The van der Waals surface area contributed by atoms with Gasteiger partial charge in [-0.05, 0) is 44.3 Å². The maximum Gasteiger partial charge on any atom is 0.262 e. The Kier molecular flexibility index (Phi) is 6.72. The highest BCUT2D eigenvalue weighted by atomic mass is 16.5. The second-order valence-corrected chi connectivity index (χ2v) is 7.07. The van der Waals surface area contributed by atoms with Crippen LogP contribution < -0.4 is 19.7 Å². The number of Topliss-reactive ketones (excluding diaryl/α,β-unsaturated/α-hetero) is 1. The van der Waals surface area contributed by atoms with Gasteiger partial charge in [-0.3, -0.25) is 9.59 Å². The van der Waals surface area contributed by atoms with E-state index in [0.29, 0.717) is 17.1 Å². The Morgan fingerprint density at radius 1 is 1.03 bits per heavy atom. The summed E-state index contributed by atoms with van der Waals surface area (Å²) < 4.78 is 10.9. The number of nitrogens with one attached hydrogen (secondary N) is 1. The van der Waals surface area contributed by atoms with Gasteiger partial charge in [0.25, 0.3) is 5.91 Å². The number of likely N-dealkylation sites (N-methyl/N-ethyl adjacent to an activating group) is 1. The van der Waals surface area contributed by atoms with Crippen molar-refractivity contribution in [3.05, 3.63) is 48.0 Å². The molecule has 0 saturated carbocycles. The van der Waals surface area contributed by atoms with Crippen molar-refractivity contribution in [2.24, 2.45) is 0 Å². The lowest BCUT2D eigenvalue weighted by molar-refractivity contribution is -0.118. The molecular formula is C22H27N3O4. The molecule has 0 radical (unpaired) electrons. The van der Waals surface area contributed by atoms with Gasteiger partial charge in [0, 0.05) is 31.7 Å². The van der Waals surface area contributed by atoms with Crippen LogP contribution in [-0.2, 0) is 4.79 Å². The number of para-hydroxylation sites is 2. The smallest absolute Gasteiger partial charge is 0.262 e. The summed E-state index contributed by atoms with van der Waals surface area (Å²) in [5.74, 6) is 0.515. The molecular weight excluding hydrogens is 370 g/mol. The van der Waals surface area contributed by atoms with Crippen molar-refractivity contribution in [3.63, 3.8) is 0 Å². The fourth-order valence-corrected chi connectivity index (χ4v) is 3.24. The Morgan fingerprint density at radius 3 is 2.45 bits per heavy atom. The van der Waals surface area contributed by atoms with Gasteiger partial charge in [-0.25, -0.2) is 0 Å². The molecule has 7 nitrogen and oxygen atoms in total. The van der Waals surface area contributed by atoms with Crippen LogP contribution in [0.4, 0.5) is 11.4 Å². The summed E-state index contributed by atoms with van der Waals surface area (Å²) in [5, 5.41) is 2.94. The highest BCUT2D eigenvalue weighted by molar-refractivity contribution is 5.96. The summed E-state index contributed by atoms with van der Waals surface area (Å²) in [6.07, 6.45) is 0. The molecule has 1 heterocycles. The fraction of sp³-hybridized carbons (Fsp3) is 0.364. The largest absolute Gasteiger partial charge is 0.493 e. The summed E-state index contributed by atoms with van der Waals surface area (Å²) in [7, 11) is 3.61. The lowest BCUT2D eigenvalue weighted by atomic mass is 10.1. The molecule has 2 aromatic rings.